The smallest absolute Gasteiger partial charge is 0.251 e. The van der Waals surface area contributed by atoms with Gasteiger partial charge in [-0.1, -0.05) is 25.4 Å². The maximum atomic E-state index is 12.7. The summed E-state index contributed by atoms with van der Waals surface area (Å²) in [5.74, 6) is 0.360. The van der Waals surface area contributed by atoms with Crippen molar-refractivity contribution in [3.05, 3.63) is 39.4 Å². The number of sulfonamides is 1. The second-order valence-electron chi connectivity index (χ2n) is 5.93. The highest BCUT2D eigenvalue weighted by molar-refractivity contribution is 7.89. The predicted octanol–water partition coefficient (Wildman–Crippen LogP) is 2.62. The first-order valence-corrected chi connectivity index (χ1v) is 11.2. The van der Waals surface area contributed by atoms with Gasteiger partial charge in [0.2, 0.25) is 10.0 Å². The minimum Gasteiger partial charge on any atom is -0.352 e. The number of carbonyl (C=O) groups is 1. The molecule has 0 radical (unpaired) electrons. The number of benzene rings is 1. The SMILES string of the molecule is CCN(CC)S(=O)(=O)c1cc(C(=O)NCCc2n[nH]c(=S)n2CC)ccc1Cl. The van der Waals surface area contributed by atoms with E-state index in [0.717, 1.165) is 5.82 Å². The van der Waals surface area contributed by atoms with Crippen molar-refractivity contribution >= 4 is 39.7 Å². The Balaban J connectivity index is 2.15. The van der Waals surface area contributed by atoms with Crippen LogP contribution in [0.3, 0.4) is 0 Å². The van der Waals surface area contributed by atoms with Gasteiger partial charge < -0.3 is 9.88 Å². The van der Waals surface area contributed by atoms with E-state index in [1.165, 1.54) is 22.5 Å². The maximum absolute atomic E-state index is 12.7. The van der Waals surface area contributed by atoms with Crippen molar-refractivity contribution in [3.63, 3.8) is 0 Å². The number of aromatic amines is 1. The molecule has 0 saturated heterocycles. The number of H-pyrrole nitrogens is 1. The molecule has 2 rings (SSSR count). The van der Waals surface area contributed by atoms with Crippen LogP contribution in [0.2, 0.25) is 5.02 Å². The van der Waals surface area contributed by atoms with Crippen molar-refractivity contribution in [1.82, 2.24) is 24.4 Å². The molecular formula is C17H24ClN5O3S2. The fourth-order valence-electron chi connectivity index (χ4n) is 2.80. The third-order valence-corrected chi connectivity index (χ3v) is 7.15. The van der Waals surface area contributed by atoms with E-state index >= 15 is 0 Å². The molecule has 1 aromatic heterocycles. The zero-order chi connectivity index (χ0) is 20.9. The van der Waals surface area contributed by atoms with Gasteiger partial charge in [0.1, 0.15) is 10.7 Å². The van der Waals surface area contributed by atoms with Gasteiger partial charge >= 0.3 is 0 Å². The summed E-state index contributed by atoms with van der Waals surface area (Å²) in [5.41, 5.74) is 0.226. The molecule has 1 amide bonds. The number of rotatable bonds is 9. The van der Waals surface area contributed by atoms with Gasteiger partial charge in [0.05, 0.1) is 5.02 Å². The lowest BCUT2D eigenvalue weighted by molar-refractivity contribution is 0.0953. The average molecular weight is 446 g/mol. The first kappa shape index (κ1) is 22.5. The lowest BCUT2D eigenvalue weighted by Gasteiger charge is -2.19. The lowest BCUT2D eigenvalue weighted by atomic mass is 10.2. The van der Waals surface area contributed by atoms with Gasteiger partial charge in [0.25, 0.3) is 5.91 Å². The van der Waals surface area contributed by atoms with E-state index in [4.69, 9.17) is 23.8 Å². The van der Waals surface area contributed by atoms with Crippen LogP contribution < -0.4 is 5.32 Å². The summed E-state index contributed by atoms with van der Waals surface area (Å²) in [6.07, 6.45) is 0.491. The Hall–Kier alpha value is -1.75. The monoisotopic (exact) mass is 445 g/mol. The van der Waals surface area contributed by atoms with Crippen LogP contribution in [0.1, 0.15) is 37.0 Å². The number of carbonyl (C=O) groups excluding carboxylic acids is 1. The normalized spacial score (nSPS) is 11.8. The van der Waals surface area contributed by atoms with Gasteiger partial charge in [-0.15, -0.1) is 0 Å². The van der Waals surface area contributed by atoms with E-state index in [9.17, 15) is 13.2 Å². The predicted molar refractivity (Wildman–Crippen MR) is 111 cm³/mol. The summed E-state index contributed by atoms with van der Waals surface area (Å²) in [7, 11) is -3.77. The standard InChI is InChI=1S/C17H24ClN5O3S2/c1-4-22(5-2)28(25,26)14-11-12(7-8-13(14)18)16(24)19-10-9-15-20-21-17(27)23(15)6-3/h7-8,11H,4-6,9-10H2,1-3H3,(H,19,24)(H,21,27). The molecule has 1 heterocycles. The van der Waals surface area contributed by atoms with Gasteiger partial charge in [-0.2, -0.15) is 9.40 Å². The lowest BCUT2D eigenvalue weighted by Crippen LogP contribution is -2.31. The largest absolute Gasteiger partial charge is 0.352 e. The molecule has 8 nitrogen and oxygen atoms in total. The van der Waals surface area contributed by atoms with Crippen molar-refractivity contribution in [2.24, 2.45) is 0 Å². The summed E-state index contributed by atoms with van der Waals surface area (Å²) in [4.78, 5) is 12.4. The molecule has 0 spiro atoms. The molecule has 0 unspecified atom stereocenters. The summed E-state index contributed by atoms with van der Waals surface area (Å²) in [6.45, 7) is 7.10. The molecule has 0 bridgehead atoms. The zero-order valence-electron chi connectivity index (χ0n) is 16.0. The number of hydrogen-bond donors (Lipinski definition) is 2. The highest BCUT2D eigenvalue weighted by Crippen LogP contribution is 2.25. The van der Waals surface area contributed by atoms with Gasteiger partial charge in [-0.05, 0) is 37.3 Å². The Morgan fingerprint density at radius 1 is 1.32 bits per heavy atom. The van der Waals surface area contributed by atoms with Crippen LogP contribution in [0.25, 0.3) is 0 Å². The van der Waals surface area contributed by atoms with Gasteiger partial charge in [-0.3, -0.25) is 9.89 Å². The van der Waals surface area contributed by atoms with Crippen molar-refractivity contribution in [1.29, 1.82) is 0 Å². The Labute approximate surface area is 174 Å². The molecule has 0 fully saturated rings. The molecule has 2 aromatic rings. The van der Waals surface area contributed by atoms with Crippen molar-refractivity contribution < 1.29 is 13.2 Å². The summed E-state index contributed by atoms with van der Waals surface area (Å²) >= 11 is 11.2. The minimum atomic E-state index is -3.77. The number of amides is 1. The molecule has 154 valence electrons. The first-order chi connectivity index (χ1) is 13.3. The fourth-order valence-corrected chi connectivity index (χ4v) is 5.04. The quantitative estimate of drug-likeness (QED) is 0.578. The van der Waals surface area contributed by atoms with E-state index in [1.807, 2.05) is 11.5 Å². The molecular weight excluding hydrogens is 422 g/mol. The Kier molecular flexibility index (Phi) is 7.76. The number of hydrogen-bond acceptors (Lipinski definition) is 5. The van der Waals surface area contributed by atoms with Crippen LogP contribution in [0.5, 0.6) is 0 Å². The number of aromatic nitrogens is 3. The molecule has 0 aliphatic rings. The second kappa shape index (κ2) is 9.64. The van der Waals surface area contributed by atoms with Crippen LogP contribution >= 0.6 is 23.8 Å². The van der Waals surface area contributed by atoms with Crippen LogP contribution in [0, 0.1) is 4.77 Å². The van der Waals surface area contributed by atoms with E-state index in [-0.39, 0.29) is 21.4 Å². The summed E-state index contributed by atoms with van der Waals surface area (Å²) in [5, 5.41) is 9.73. The van der Waals surface area contributed by atoms with E-state index in [0.29, 0.717) is 37.4 Å². The zero-order valence-corrected chi connectivity index (χ0v) is 18.4. The molecule has 2 N–H and O–H groups in total. The van der Waals surface area contributed by atoms with Crippen LogP contribution in [-0.2, 0) is 23.0 Å². The Bertz CT molecular complexity index is 996. The summed E-state index contributed by atoms with van der Waals surface area (Å²) < 4.78 is 29.2. The van der Waals surface area contributed by atoms with E-state index < -0.39 is 10.0 Å². The molecule has 28 heavy (non-hydrogen) atoms. The van der Waals surface area contributed by atoms with E-state index in [2.05, 4.69) is 15.5 Å². The molecule has 0 saturated carbocycles. The number of nitrogens with zero attached hydrogens (tertiary/aromatic N) is 3. The van der Waals surface area contributed by atoms with Crippen molar-refractivity contribution in [2.75, 3.05) is 19.6 Å². The molecule has 11 heteroatoms. The Morgan fingerprint density at radius 2 is 2.00 bits per heavy atom. The first-order valence-electron chi connectivity index (χ1n) is 8.98. The van der Waals surface area contributed by atoms with Gasteiger partial charge in [-0.25, -0.2) is 8.42 Å². The highest BCUT2D eigenvalue weighted by atomic mass is 35.5. The Morgan fingerprint density at radius 3 is 2.61 bits per heavy atom. The minimum absolute atomic E-state index is 0.0719. The van der Waals surface area contributed by atoms with Crippen LogP contribution in [0.4, 0.5) is 0 Å². The molecule has 0 aliphatic carbocycles. The number of nitrogens with one attached hydrogen (secondary N) is 2. The average Bonchev–Trinajstić information content (AvgIpc) is 3.02. The van der Waals surface area contributed by atoms with Crippen LogP contribution in [-0.4, -0.2) is 53.0 Å². The van der Waals surface area contributed by atoms with Crippen molar-refractivity contribution in [2.45, 2.75) is 38.6 Å². The molecule has 1 aromatic carbocycles. The summed E-state index contributed by atoms with van der Waals surface area (Å²) in [6, 6.07) is 4.24. The van der Waals surface area contributed by atoms with Crippen molar-refractivity contribution in [3.8, 4) is 0 Å². The molecule has 0 atom stereocenters. The van der Waals surface area contributed by atoms with Crippen LogP contribution in [0.15, 0.2) is 23.1 Å². The highest BCUT2D eigenvalue weighted by Gasteiger charge is 2.25. The van der Waals surface area contributed by atoms with Gasteiger partial charge in [0.15, 0.2) is 4.77 Å². The third kappa shape index (κ3) is 4.80. The number of halogens is 1. The second-order valence-corrected chi connectivity index (χ2v) is 8.63. The fraction of sp³-hybridized carbons (Fsp3) is 0.471. The third-order valence-electron chi connectivity index (χ3n) is 4.30. The van der Waals surface area contributed by atoms with E-state index in [1.54, 1.807) is 13.8 Å². The van der Waals surface area contributed by atoms with Gasteiger partial charge in [0, 0.05) is 38.2 Å². The molecule has 0 aliphatic heterocycles. The maximum Gasteiger partial charge on any atom is 0.251 e. The topological polar surface area (TPSA) is 100 Å².